The van der Waals surface area contributed by atoms with E-state index in [0.717, 1.165) is 24.2 Å². The third-order valence-electron chi connectivity index (χ3n) is 2.29. The van der Waals surface area contributed by atoms with Crippen molar-refractivity contribution in [2.24, 2.45) is 0 Å². The Labute approximate surface area is 96.3 Å². The Morgan fingerprint density at radius 2 is 2.25 bits per heavy atom. The average molecular weight is 219 g/mol. The number of hydrogen-bond acceptors (Lipinski definition) is 3. The molecule has 1 atom stereocenters. The molecule has 0 aliphatic rings. The van der Waals surface area contributed by atoms with Crippen molar-refractivity contribution in [2.75, 3.05) is 6.61 Å². The summed E-state index contributed by atoms with van der Waals surface area (Å²) in [6.45, 7) is 2.34. The fourth-order valence-electron chi connectivity index (χ4n) is 1.36. The molecule has 0 saturated heterocycles. The van der Waals surface area contributed by atoms with Crippen molar-refractivity contribution < 1.29 is 9.84 Å². The normalized spacial score (nSPS) is 11.8. The van der Waals surface area contributed by atoms with Crippen LogP contribution in [0.15, 0.2) is 24.3 Å². The van der Waals surface area contributed by atoms with Gasteiger partial charge in [-0.1, -0.05) is 12.1 Å². The summed E-state index contributed by atoms with van der Waals surface area (Å²) >= 11 is 0. The van der Waals surface area contributed by atoms with E-state index in [0.29, 0.717) is 13.0 Å². The van der Waals surface area contributed by atoms with Crippen molar-refractivity contribution >= 4 is 0 Å². The molecule has 0 saturated carbocycles. The van der Waals surface area contributed by atoms with Gasteiger partial charge in [0.2, 0.25) is 0 Å². The number of ether oxygens (including phenoxy) is 1. The first-order valence-electron chi connectivity index (χ1n) is 5.52. The Morgan fingerprint density at radius 1 is 1.44 bits per heavy atom. The number of nitriles is 1. The lowest BCUT2D eigenvalue weighted by Crippen LogP contribution is -1.98. The van der Waals surface area contributed by atoms with Gasteiger partial charge in [0.1, 0.15) is 5.75 Å². The van der Waals surface area contributed by atoms with Crippen LogP contribution in [0.5, 0.6) is 5.75 Å². The minimum atomic E-state index is -0.470. The summed E-state index contributed by atoms with van der Waals surface area (Å²) < 4.78 is 5.52. The minimum absolute atomic E-state index is 0.470. The second kappa shape index (κ2) is 6.86. The first-order valence-corrected chi connectivity index (χ1v) is 5.52. The molecule has 0 radical (unpaired) electrons. The largest absolute Gasteiger partial charge is 0.494 e. The van der Waals surface area contributed by atoms with E-state index in [1.54, 1.807) is 6.92 Å². The predicted octanol–water partition coefficient (Wildman–Crippen LogP) is 2.81. The van der Waals surface area contributed by atoms with Crippen molar-refractivity contribution in [3.63, 3.8) is 0 Å². The molecule has 1 aromatic rings. The molecule has 1 N–H and O–H groups in total. The topological polar surface area (TPSA) is 53.2 Å². The minimum Gasteiger partial charge on any atom is -0.494 e. The molecule has 1 aromatic carbocycles. The molecule has 0 aromatic heterocycles. The van der Waals surface area contributed by atoms with Gasteiger partial charge in [-0.15, -0.1) is 0 Å². The standard InChI is InChI=1S/C13H17NO2/c1-11(15)12-6-5-7-13(10-12)16-9-4-2-3-8-14/h5-7,10-11,15H,2-4,9H2,1H3/t11-/m0/s1. The molecule has 3 heteroatoms. The van der Waals surface area contributed by atoms with Crippen LogP contribution in [0.1, 0.15) is 37.9 Å². The maximum Gasteiger partial charge on any atom is 0.119 e. The lowest BCUT2D eigenvalue weighted by atomic mass is 10.1. The van der Waals surface area contributed by atoms with E-state index in [4.69, 9.17) is 10.00 Å². The highest BCUT2D eigenvalue weighted by Crippen LogP contribution is 2.18. The molecule has 0 fully saturated rings. The number of aliphatic hydroxyl groups excluding tert-OH is 1. The quantitative estimate of drug-likeness (QED) is 0.748. The van der Waals surface area contributed by atoms with Gasteiger partial charge in [-0.3, -0.25) is 0 Å². The highest BCUT2D eigenvalue weighted by Gasteiger charge is 2.01. The number of benzene rings is 1. The Bertz CT molecular complexity index is 355. The van der Waals surface area contributed by atoms with Crippen LogP contribution in [0.3, 0.4) is 0 Å². The summed E-state index contributed by atoms with van der Waals surface area (Å²) in [6, 6.07) is 9.55. The molecule has 0 amide bonds. The van der Waals surface area contributed by atoms with E-state index >= 15 is 0 Å². The van der Waals surface area contributed by atoms with Gasteiger partial charge in [-0.2, -0.15) is 5.26 Å². The zero-order valence-corrected chi connectivity index (χ0v) is 9.52. The van der Waals surface area contributed by atoms with Crippen molar-refractivity contribution in [1.29, 1.82) is 5.26 Å². The molecule has 16 heavy (non-hydrogen) atoms. The number of aliphatic hydroxyl groups is 1. The summed E-state index contributed by atoms with van der Waals surface area (Å²) in [6.07, 6.45) is 1.86. The molecule has 0 bridgehead atoms. The lowest BCUT2D eigenvalue weighted by Gasteiger charge is -2.09. The molecule has 86 valence electrons. The Balaban J connectivity index is 2.37. The average Bonchev–Trinajstić information content (AvgIpc) is 2.29. The molecule has 3 nitrogen and oxygen atoms in total. The highest BCUT2D eigenvalue weighted by atomic mass is 16.5. The molecule has 0 heterocycles. The van der Waals surface area contributed by atoms with Crippen molar-refractivity contribution in [1.82, 2.24) is 0 Å². The van der Waals surface area contributed by atoms with E-state index in [2.05, 4.69) is 6.07 Å². The van der Waals surface area contributed by atoms with E-state index in [1.807, 2.05) is 24.3 Å². The predicted molar refractivity (Wildman–Crippen MR) is 62.0 cm³/mol. The van der Waals surface area contributed by atoms with E-state index in [1.165, 1.54) is 0 Å². The molecular weight excluding hydrogens is 202 g/mol. The second-order valence-electron chi connectivity index (χ2n) is 3.71. The molecule has 0 spiro atoms. The first-order chi connectivity index (χ1) is 7.74. The van der Waals surface area contributed by atoms with E-state index in [-0.39, 0.29) is 0 Å². The van der Waals surface area contributed by atoms with Crippen LogP contribution in [0.4, 0.5) is 0 Å². The summed E-state index contributed by atoms with van der Waals surface area (Å²) in [5.41, 5.74) is 0.856. The Kier molecular flexibility index (Phi) is 5.38. The fourth-order valence-corrected chi connectivity index (χ4v) is 1.36. The smallest absolute Gasteiger partial charge is 0.119 e. The summed E-state index contributed by atoms with van der Waals surface area (Å²) in [5, 5.41) is 17.8. The maximum atomic E-state index is 9.40. The lowest BCUT2D eigenvalue weighted by molar-refractivity contribution is 0.198. The summed E-state index contributed by atoms with van der Waals surface area (Å²) in [5.74, 6) is 0.773. The number of hydrogen-bond donors (Lipinski definition) is 1. The van der Waals surface area contributed by atoms with Crippen LogP contribution in [-0.2, 0) is 0 Å². The molecule has 0 aliphatic heterocycles. The van der Waals surface area contributed by atoms with Gasteiger partial charge in [0, 0.05) is 6.42 Å². The SMILES string of the molecule is C[C@H](O)c1cccc(OCCCCC#N)c1. The number of unbranched alkanes of at least 4 members (excludes halogenated alkanes) is 2. The van der Waals surface area contributed by atoms with Gasteiger partial charge < -0.3 is 9.84 Å². The zero-order chi connectivity index (χ0) is 11.8. The highest BCUT2D eigenvalue weighted by molar-refractivity contribution is 5.29. The Hall–Kier alpha value is -1.53. The van der Waals surface area contributed by atoms with Gasteiger partial charge >= 0.3 is 0 Å². The molecule has 0 unspecified atom stereocenters. The number of rotatable bonds is 6. The van der Waals surface area contributed by atoms with E-state index in [9.17, 15) is 5.11 Å². The van der Waals surface area contributed by atoms with E-state index < -0.39 is 6.10 Å². The summed E-state index contributed by atoms with van der Waals surface area (Å²) in [4.78, 5) is 0. The van der Waals surface area contributed by atoms with Crippen molar-refractivity contribution in [3.8, 4) is 11.8 Å². The Morgan fingerprint density at radius 3 is 2.94 bits per heavy atom. The molecular formula is C13H17NO2. The first kappa shape index (κ1) is 12.5. The van der Waals surface area contributed by atoms with Crippen LogP contribution in [0, 0.1) is 11.3 Å². The van der Waals surface area contributed by atoms with Crippen molar-refractivity contribution in [2.45, 2.75) is 32.3 Å². The van der Waals surface area contributed by atoms with Crippen LogP contribution < -0.4 is 4.74 Å². The third-order valence-corrected chi connectivity index (χ3v) is 2.29. The molecule has 0 aliphatic carbocycles. The second-order valence-corrected chi connectivity index (χ2v) is 3.71. The van der Waals surface area contributed by atoms with Crippen molar-refractivity contribution in [3.05, 3.63) is 29.8 Å². The van der Waals surface area contributed by atoms with Gasteiger partial charge in [0.25, 0.3) is 0 Å². The number of nitrogens with zero attached hydrogens (tertiary/aromatic N) is 1. The van der Waals surface area contributed by atoms with Gasteiger partial charge in [-0.05, 0) is 37.5 Å². The zero-order valence-electron chi connectivity index (χ0n) is 9.52. The fraction of sp³-hybridized carbons (Fsp3) is 0.462. The van der Waals surface area contributed by atoms with Crippen LogP contribution in [-0.4, -0.2) is 11.7 Å². The monoisotopic (exact) mass is 219 g/mol. The van der Waals surface area contributed by atoms with Gasteiger partial charge in [-0.25, -0.2) is 0 Å². The summed E-state index contributed by atoms with van der Waals surface area (Å²) in [7, 11) is 0. The van der Waals surface area contributed by atoms with Crippen LogP contribution in [0.25, 0.3) is 0 Å². The van der Waals surface area contributed by atoms with Crippen LogP contribution >= 0.6 is 0 Å². The van der Waals surface area contributed by atoms with Gasteiger partial charge in [0.15, 0.2) is 0 Å². The molecule has 1 rings (SSSR count). The third kappa shape index (κ3) is 4.33. The van der Waals surface area contributed by atoms with Gasteiger partial charge in [0.05, 0.1) is 18.8 Å². The maximum absolute atomic E-state index is 9.40. The van der Waals surface area contributed by atoms with Crippen LogP contribution in [0.2, 0.25) is 0 Å².